The third kappa shape index (κ3) is 6.16. The Morgan fingerprint density at radius 2 is 1.90 bits per heavy atom. The second-order valence-electron chi connectivity index (χ2n) is 7.23. The van der Waals surface area contributed by atoms with Gasteiger partial charge in [0.15, 0.2) is 0 Å². The highest BCUT2D eigenvalue weighted by Crippen LogP contribution is 2.26. The standard InChI is InChI=1S/C22H27ClN2O4S2/c1-29-21-10-9-18(31(27,28)25-12-5-2-6-13-25)15-19(21)22(26)24-11-14-30-16-17-7-3-4-8-20(17)23/h3-4,7-10,15H,2,5-6,11-14,16H2,1H3,(H,24,26). The van der Waals surface area contributed by atoms with Crippen LogP contribution in [0, 0.1) is 0 Å². The molecule has 1 amide bonds. The molecule has 6 nitrogen and oxygen atoms in total. The highest BCUT2D eigenvalue weighted by molar-refractivity contribution is 7.98. The van der Waals surface area contributed by atoms with Crippen molar-refractivity contribution in [3.05, 3.63) is 58.6 Å². The number of halogens is 1. The zero-order valence-electron chi connectivity index (χ0n) is 17.5. The highest BCUT2D eigenvalue weighted by Gasteiger charge is 2.27. The molecule has 2 aromatic rings. The molecule has 168 valence electrons. The SMILES string of the molecule is COc1ccc(S(=O)(=O)N2CCCCC2)cc1C(=O)NCCSCc1ccccc1Cl. The lowest BCUT2D eigenvalue weighted by Gasteiger charge is -2.26. The molecular formula is C22H27ClN2O4S2. The van der Waals surface area contributed by atoms with Crippen molar-refractivity contribution in [2.75, 3.05) is 32.5 Å². The summed E-state index contributed by atoms with van der Waals surface area (Å²) in [5.74, 6) is 1.44. The summed E-state index contributed by atoms with van der Waals surface area (Å²) in [5, 5.41) is 3.58. The minimum Gasteiger partial charge on any atom is -0.496 e. The van der Waals surface area contributed by atoms with E-state index in [0.717, 1.165) is 35.6 Å². The third-order valence-corrected chi connectivity index (χ3v) is 8.39. The average molecular weight is 483 g/mol. The molecule has 0 spiro atoms. The number of thioether (sulfide) groups is 1. The molecule has 0 aromatic heterocycles. The summed E-state index contributed by atoms with van der Waals surface area (Å²) >= 11 is 7.82. The average Bonchev–Trinajstić information content (AvgIpc) is 2.80. The van der Waals surface area contributed by atoms with E-state index in [1.807, 2.05) is 24.3 Å². The number of sulfonamides is 1. The molecular weight excluding hydrogens is 456 g/mol. The van der Waals surface area contributed by atoms with Crippen molar-refractivity contribution < 1.29 is 17.9 Å². The largest absolute Gasteiger partial charge is 0.496 e. The maximum Gasteiger partial charge on any atom is 0.255 e. The van der Waals surface area contributed by atoms with Crippen LogP contribution in [-0.4, -0.2) is 51.1 Å². The Labute approximate surface area is 193 Å². The van der Waals surface area contributed by atoms with E-state index in [1.165, 1.54) is 29.6 Å². The number of hydrogen-bond donors (Lipinski definition) is 1. The van der Waals surface area contributed by atoms with Crippen LogP contribution in [0.3, 0.4) is 0 Å². The fourth-order valence-corrected chi connectivity index (χ4v) is 6.10. The fraction of sp³-hybridized carbons (Fsp3) is 0.409. The normalized spacial score (nSPS) is 14.9. The smallest absolute Gasteiger partial charge is 0.255 e. The molecule has 1 heterocycles. The molecule has 0 atom stereocenters. The lowest BCUT2D eigenvalue weighted by Crippen LogP contribution is -2.35. The van der Waals surface area contributed by atoms with Gasteiger partial charge in [-0.3, -0.25) is 4.79 Å². The van der Waals surface area contributed by atoms with E-state index in [0.29, 0.717) is 31.1 Å². The van der Waals surface area contributed by atoms with E-state index >= 15 is 0 Å². The lowest BCUT2D eigenvalue weighted by molar-refractivity contribution is 0.0953. The van der Waals surface area contributed by atoms with Gasteiger partial charge in [0, 0.05) is 36.2 Å². The fourth-order valence-electron chi connectivity index (χ4n) is 3.41. The quantitative estimate of drug-likeness (QED) is 0.542. The zero-order valence-corrected chi connectivity index (χ0v) is 19.9. The number of carbonyl (C=O) groups is 1. The van der Waals surface area contributed by atoms with Gasteiger partial charge in [-0.1, -0.05) is 36.2 Å². The summed E-state index contributed by atoms with van der Waals surface area (Å²) in [7, 11) is -2.16. The molecule has 2 aromatic carbocycles. The van der Waals surface area contributed by atoms with Crippen LogP contribution in [0.15, 0.2) is 47.4 Å². The molecule has 1 N–H and O–H groups in total. The van der Waals surface area contributed by atoms with Crippen molar-refractivity contribution in [3.8, 4) is 5.75 Å². The van der Waals surface area contributed by atoms with Crippen molar-refractivity contribution in [2.45, 2.75) is 29.9 Å². The summed E-state index contributed by atoms with van der Waals surface area (Å²) < 4.78 is 32.7. The van der Waals surface area contributed by atoms with Crippen molar-refractivity contribution >= 4 is 39.3 Å². The highest BCUT2D eigenvalue weighted by atomic mass is 35.5. The summed E-state index contributed by atoms with van der Waals surface area (Å²) in [6.07, 6.45) is 2.75. The number of rotatable bonds is 9. The van der Waals surface area contributed by atoms with Crippen LogP contribution in [0.25, 0.3) is 0 Å². The number of carbonyl (C=O) groups excluding carboxylic acids is 1. The van der Waals surface area contributed by atoms with Gasteiger partial charge < -0.3 is 10.1 Å². The van der Waals surface area contributed by atoms with E-state index in [9.17, 15) is 13.2 Å². The van der Waals surface area contributed by atoms with Crippen molar-refractivity contribution in [1.82, 2.24) is 9.62 Å². The van der Waals surface area contributed by atoms with Crippen LogP contribution in [-0.2, 0) is 15.8 Å². The van der Waals surface area contributed by atoms with Crippen LogP contribution >= 0.6 is 23.4 Å². The van der Waals surface area contributed by atoms with Crippen LogP contribution in [0.1, 0.15) is 35.2 Å². The first-order valence-electron chi connectivity index (χ1n) is 10.2. The first kappa shape index (κ1) is 23.9. The molecule has 3 rings (SSSR count). The minimum atomic E-state index is -3.63. The van der Waals surface area contributed by atoms with E-state index in [1.54, 1.807) is 11.8 Å². The van der Waals surface area contributed by atoms with E-state index in [2.05, 4.69) is 5.32 Å². The Morgan fingerprint density at radius 3 is 2.61 bits per heavy atom. The molecule has 1 fully saturated rings. The number of nitrogens with one attached hydrogen (secondary N) is 1. The van der Waals surface area contributed by atoms with E-state index < -0.39 is 10.0 Å². The minimum absolute atomic E-state index is 0.119. The monoisotopic (exact) mass is 482 g/mol. The van der Waals surface area contributed by atoms with Crippen LogP contribution in [0.2, 0.25) is 5.02 Å². The van der Waals surface area contributed by atoms with Gasteiger partial charge in [0.2, 0.25) is 10.0 Å². The predicted octanol–water partition coefficient (Wildman–Crippen LogP) is 4.19. The van der Waals surface area contributed by atoms with Gasteiger partial charge in [-0.15, -0.1) is 0 Å². The molecule has 0 bridgehead atoms. The summed E-state index contributed by atoms with van der Waals surface area (Å²) in [6.45, 7) is 1.47. The summed E-state index contributed by atoms with van der Waals surface area (Å²) in [6, 6.07) is 12.1. The number of methoxy groups -OCH3 is 1. The Balaban J connectivity index is 1.61. The first-order chi connectivity index (χ1) is 14.9. The van der Waals surface area contributed by atoms with Crippen molar-refractivity contribution in [1.29, 1.82) is 0 Å². The predicted molar refractivity (Wildman–Crippen MR) is 126 cm³/mol. The van der Waals surface area contributed by atoms with Gasteiger partial charge in [0.25, 0.3) is 5.91 Å². The Bertz CT molecular complexity index is 1010. The number of hydrogen-bond acceptors (Lipinski definition) is 5. The van der Waals surface area contributed by atoms with Gasteiger partial charge in [-0.2, -0.15) is 16.1 Å². The second kappa shape index (κ2) is 11.2. The molecule has 0 unspecified atom stereocenters. The van der Waals surface area contributed by atoms with Gasteiger partial charge in [0.1, 0.15) is 5.75 Å². The van der Waals surface area contributed by atoms with Gasteiger partial charge in [-0.05, 0) is 42.7 Å². The van der Waals surface area contributed by atoms with Gasteiger partial charge in [-0.25, -0.2) is 8.42 Å². The molecule has 0 radical (unpaired) electrons. The van der Waals surface area contributed by atoms with E-state index in [4.69, 9.17) is 16.3 Å². The van der Waals surface area contributed by atoms with E-state index in [-0.39, 0.29) is 16.4 Å². The van der Waals surface area contributed by atoms with Crippen molar-refractivity contribution in [2.24, 2.45) is 0 Å². The number of ether oxygens (including phenoxy) is 1. The Morgan fingerprint density at radius 1 is 1.16 bits per heavy atom. The zero-order chi connectivity index (χ0) is 22.3. The van der Waals surface area contributed by atoms with Crippen LogP contribution in [0.4, 0.5) is 0 Å². The van der Waals surface area contributed by atoms with Crippen LogP contribution < -0.4 is 10.1 Å². The topological polar surface area (TPSA) is 75.7 Å². The second-order valence-corrected chi connectivity index (χ2v) is 10.7. The molecule has 31 heavy (non-hydrogen) atoms. The molecule has 1 aliphatic rings. The number of nitrogens with zero attached hydrogens (tertiary/aromatic N) is 1. The molecule has 1 aliphatic heterocycles. The Hall–Kier alpha value is -1.74. The summed E-state index contributed by atoms with van der Waals surface area (Å²) in [5.41, 5.74) is 1.27. The molecule has 9 heteroatoms. The van der Waals surface area contributed by atoms with Crippen LogP contribution in [0.5, 0.6) is 5.75 Å². The maximum atomic E-state index is 13.0. The number of benzene rings is 2. The lowest BCUT2D eigenvalue weighted by atomic mass is 10.2. The Kier molecular flexibility index (Phi) is 8.66. The third-order valence-electron chi connectivity index (χ3n) is 5.12. The van der Waals surface area contributed by atoms with Gasteiger partial charge >= 0.3 is 0 Å². The molecule has 1 saturated heterocycles. The molecule has 0 aliphatic carbocycles. The maximum absolute atomic E-state index is 13.0. The summed E-state index contributed by atoms with van der Waals surface area (Å²) in [4.78, 5) is 12.9. The van der Waals surface area contributed by atoms with Crippen molar-refractivity contribution in [3.63, 3.8) is 0 Å². The number of piperidine rings is 1. The number of amides is 1. The first-order valence-corrected chi connectivity index (χ1v) is 13.2. The van der Waals surface area contributed by atoms with Gasteiger partial charge in [0.05, 0.1) is 17.6 Å². The molecule has 0 saturated carbocycles.